The molecule has 1 saturated heterocycles. The van der Waals surface area contributed by atoms with E-state index in [4.69, 9.17) is 11.6 Å². The Kier molecular flexibility index (Phi) is 3.97. The molecule has 5 nitrogen and oxygen atoms in total. The number of aryl methyl sites for hydroxylation is 2. The molecular formula is C15H19ClN4O. The number of nitrogens with zero attached hydrogens (tertiary/aromatic N) is 4. The zero-order chi connectivity index (χ0) is 15.0. The summed E-state index contributed by atoms with van der Waals surface area (Å²) in [6, 6.07) is 7.72. The van der Waals surface area contributed by atoms with Crippen molar-refractivity contribution in [3.8, 4) is 0 Å². The summed E-state index contributed by atoms with van der Waals surface area (Å²) in [7, 11) is 0. The van der Waals surface area contributed by atoms with E-state index >= 15 is 0 Å². The van der Waals surface area contributed by atoms with Gasteiger partial charge in [0.25, 0.3) is 0 Å². The zero-order valence-electron chi connectivity index (χ0n) is 12.2. The van der Waals surface area contributed by atoms with Crippen LogP contribution in [0.2, 0.25) is 5.02 Å². The summed E-state index contributed by atoms with van der Waals surface area (Å²) in [6.45, 7) is 6.31. The summed E-state index contributed by atoms with van der Waals surface area (Å²) in [5, 5.41) is 15.3. The van der Waals surface area contributed by atoms with E-state index in [2.05, 4.69) is 15.0 Å². The van der Waals surface area contributed by atoms with Gasteiger partial charge >= 0.3 is 0 Å². The molecular weight excluding hydrogens is 288 g/mol. The highest BCUT2D eigenvalue weighted by molar-refractivity contribution is 6.30. The standard InChI is InChI=1S/C15H19ClN4O/c1-10-17-11(2)20(18-10)14-7-19(8-14)9-15(21)12-3-5-13(16)6-4-12/h3-6,14-15,21H,7-9H2,1-2H3/t15-/m0/s1. The maximum absolute atomic E-state index is 10.2. The fraction of sp³-hybridized carbons (Fsp3) is 0.467. The summed E-state index contributed by atoms with van der Waals surface area (Å²) in [5.41, 5.74) is 0.899. The van der Waals surface area contributed by atoms with Gasteiger partial charge in [-0.05, 0) is 31.5 Å². The smallest absolute Gasteiger partial charge is 0.147 e. The molecule has 1 atom stereocenters. The molecule has 1 aromatic carbocycles. The summed E-state index contributed by atoms with van der Waals surface area (Å²) in [5.74, 6) is 1.77. The van der Waals surface area contributed by atoms with Crippen LogP contribution in [-0.4, -0.2) is 44.4 Å². The number of β-amino-alcohol motifs (C(OH)–C–C–N with tert-alkyl or cyclic N) is 1. The van der Waals surface area contributed by atoms with Gasteiger partial charge in [-0.1, -0.05) is 23.7 Å². The van der Waals surface area contributed by atoms with Crippen molar-refractivity contribution in [3.05, 3.63) is 46.5 Å². The number of hydrogen-bond donors (Lipinski definition) is 1. The average molecular weight is 307 g/mol. The molecule has 2 aromatic rings. The maximum atomic E-state index is 10.2. The largest absolute Gasteiger partial charge is 0.387 e. The molecule has 1 N–H and O–H groups in total. The number of likely N-dealkylation sites (tertiary alicyclic amines) is 1. The molecule has 0 radical (unpaired) electrons. The van der Waals surface area contributed by atoms with Crippen molar-refractivity contribution in [2.24, 2.45) is 0 Å². The Morgan fingerprint density at radius 2 is 1.95 bits per heavy atom. The molecule has 0 saturated carbocycles. The van der Waals surface area contributed by atoms with Gasteiger partial charge in [0.05, 0.1) is 12.1 Å². The molecule has 0 bridgehead atoms. The summed E-state index contributed by atoms with van der Waals surface area (Å²) in [4.78, 5) is 6.55. The molecule has 112 valence electrons. The molecule has 0 spiro atoms. The molecule has 0 unspecified atom stereocenters. The first-order valence-electron chi connectivity index (χ1n) is 7.08. The van der Waals surface area contributed by atoms with Gasteiger partial charge in [0, 0.05) is 24.7 Å². The lowest BCUT2D eigenvalue weighted by atomic mass is 10.0. The Labute approximate surface area is 129 Å². The highest BCUT2D eigenvalue weighted by Gasteiger charge is 2.31. The predicted octanol–water partition coefficient (Wildman–Crippen LogP) is 2.14. The fourth-order valence-corrected chi connectivity index (χ4v) is 2.89. The predicted molar refractivity (Wildman–Crippen MR) is 81.4 cm³/mol. The molecule has 21 heavy (non-hydrogen) atoms. The van der Waals surface area contributed by atoms with Crippen LogP contribution in [0.3, 0.4) is 0 Å². The van der Waals surface area contributed by atoms with Crippen molar-refractivity contribution in [2.75, 3.05) is 19.6 Å². The van der Waals surface area contributed by atoms with E-state index in [0.29, 0.717) is 17.6 Å². The van der Waals surface area contributed by atoms with Crippen molar-refractivity contribution in [1.29, 1.82) is 0 Å². The first kappa shape index (κ1) is 14.5. The van der Waals surface area contributed by atoms with Crippen molar-refractivity contribution in [1.82, 2.24) is 19.7 Å². The first-order valence-corrected chi connectivity index (χ1v) is 7.46. The SMILES string of the molecule is Cc1nc(C)n(C2CN(C[C@H](O)c3ccc(Cl)cc3)C2)n1. The van der Waals surface area contributed by atoms with Crippen LogP contribution < -0.4 is 0 Å². The van der Waals surface area contributed by atoms with Gasteiger partial charge < -0.3 is 5.11 Å². The maximum Gasteiger partial charge on any atom is 0.147 e. The van der Waals surface area contributed by atoms with E-state index in [-0.39, 0.29) is 0 Å². The van der Waals surface area contributed by atoms with E-state index < -0.39 is 6.10 Å². The number of halogens is 1. The molecule has 6 heteroatoms. The molecule has 2 heterocycles. The van der Waals surface area contributed by atoms with Gasteiger partial charge in [-0.3, -0.25) is 4.90 Å². The van der Waals surface area contributed by atoms with Crippen LogP contribution in [0, 0.1) is 13.8 Å². The van der Waals surface area contributed by atoms with Crippen LogP contribution in [0.1, 0.15) is 29.4 Å². The van der Waals surface area contributed by atoms with Gasteiger partial charge in [-0.2, -0.15) is 5.10 Å². The molecule has 0 aliphatic carbocycles. The van der Waals surface area contributed by atoms with Crippen LogP contribution in [0.15, 0.2) is 24.3 Å². The third-order valence-corrected chi connectivity index (χ3v) is 4.13. The van der Waals surface area contributed by atoms with Crippen LogP contribution in [0.4, 0.5) is 0 Å². The first-order chi connectivity index (χ1) is 10.0. The van der Waals surface area contributed by atoms with E-state index in [9.17, 15) is 5.11 Å². The van der Waals surface area contributed by atoms with E-state index in [1.807, 2.05) is 30.7 Å². The normalized spacial score (nSPS) is 17.7. The second-order valence-corrected chi connectivity index (χ2v) is 6.03. The lowest BCUT2D eigenvalue weighted by Gasteiger charge is -2.40. The topological polar surface area (TPSA) is 54.2 Å². The minimum Gasteiger partial charge on any atom is -0.387 e. The van der Waals surface area contributed by atoms with E-state index in [0.717, 1.165) is 30.3 Å². The van der Waals surface area contributed by atoms with Crippen LogP contribution in [0.5, 0.6) is 0 Å². The summed E-state index contributed by atoms with van der Waals surface area (Å²) < 4.78 is 1.99. The molecule has 1 aromatic heterocycles. The number of benzene rings is 1. The van der Waals surface area contributed by atoms with Crippen molar-refractivity contribution < 1.29 is 5.11 Å². The van der Waals surface area contributed by atoms with Crippen LogP contribution >= 0.6 is 11.6 Å². The van der Waals surface area contributed by atoms with Crippen LogP contribution in [-0.2, 0) is 0 Å². The fourth-order valence-electron chi connectivity index (χ4n) is 2.76. The third kappa shape index (κ3) is 3.10. The summed E-state index contributed by atoms with van der Waals surface area (Å²) in [6.07, 6.45) is -0.484. The number of aromatic nitrogens is 3. The van der Waals surface area contributed by atoms with E-state index in [1.54, 1.807) is 12.1 Å². The Morgan fingerprint density at radius 1 is 1.29 bits per heavy atom. The zero-order valence-corrected chi connectivity index (χ0v) is 13.0. The highest BCUT2D eigenvalue weighted by atomic mass is 35.5. The third-order valence-electron chi connectivity index (χ3n) is 3.88. The van der Waals surface area contributed by atoms with E-state index in [1.165, 1.54) is 0 Å². The second-order valence-electron chi connectivity index (χ2n) is 5.59. The minimum atomic E-state index is -0.484. The number of hydrogen-bond acceptors (Lipinski definition) is 4. The lowest BCUT2D eigenvalue weighted by Crippen LogP contribution is -2.49. The lowest BCUT2D eigenvalue weighted by molar-refractivity contribution is 0.0392. The monoisotopic (exact) mass is 306 g/mol. The van der Waals surface area contributed by atoms with Gasteiger partial charge in [0.1, 0.15) is 11.6 Å². The Bertz CT molecular complexity index is 619. The van der Waals surface area contributed by atoms with Gasteiger partial charge in [-0.15, -0.1) is 0 Å². The number of aliphatic hydroxyl groups is 1. The van der Waals surface area contributed by atoms with Crippen molar-refractivity contribution in [2.45, 2.75) is 26.0 Å². The van der Waals surface area contributed by atoms with Gasteiger partial charge in [0.2, 0.25) is 0 Å². The minimum absolute atomic E-state index is 0.364. The quantitative estimate of drug-likeness (QED) is 0.940. The molecule has 0 amide bonds. The van der Waals surface area contributed by atoms with Crippen LogP contribution in [0.25, 0.3) is 0 Å². The van der Waals surface area contributed by atoms with Crippen molar-refractivity contribution >= 4 is 11.6 Å². The molecule has 1 aliphatic heterocycles. The molecule has 1 aliphatic rings. The highest BCUT2D eigenvalue weighted by Crippen LogP contribution is 2.25. The molecule has 3 rings (SSSR count). The summed E-state index contributed by atoms with van der Waals surface area (Å²) >= 11 is 5.86. The second kappa shape index (κ2) is 5.75. The van der Waals surface area contributed by atoms with Gasteiger partial charge in [-0.25, -0.2) is 9.67 Å². The number of aliphatic hydroxyl groups excluding tert-OH is 1. The Hall–Kier alpha value is -1.43. The number of rotatable bonds is 4. The average Bonchev–Trinajstić information content (AvgIpc) is 2.72. The molecule has 1 fully saturated rings. The Morgan fingerprint density at radius 3 is 2.52 bits per heavy atom. The Balaban J connectivity index is 1.55. The van der Waals surface area contributed by atoms with Crippen molar-refractivity contribution in [3.63, 3.8) is 0 Å². The van der Waals surface area contributed by atoms with Gasteiger partial charge in [0.15, 0.2) is 0 Å².